The predicted molar refractivity (Wildman–Crippen MR) is 70.5 cm³/mol. The van der Waals surface area contributed by atoms with Crippen LogP contribution in [0.15, 0.2) is 24.3 Å². The van der Waals surface area contributed by atoms with E-state index >= 15 is 0 Å². The van der Waals surface area contributed by atoms with Crippen LogP contribution >= 0.6 is 0 Å². The molecule has 0 fully saturated rings. The zero-order valence-electron chi connectivity index (χ0n) is 11.0. The Bertz CT molecular complexity index is 489. The van der Waals surface area contributed by atoms with Crippen LogP contribution in [0.1, 0.15) is 25.0 Å². The third-order valence-corrected chi connectivity index (χ3v) is 3.24. The molecular weight excluding hydrogens is 228 g/mol. The number of hydrogen-bond donors (Lipinski definition) is 0. The third-order valence-electron chi connectivity index (χ3n) is 3.24. The molecule has 0 aliphatic heterocycles. The number of rotatable bonds is 3. The zero-order chi connectivity index (χ0) is 13.1. The quantitative estimate of drug-likeness (QED) is 0.607. The van der Waals surface area contributed by atoms with Crippen molar-refractivity contribution in [3.8, 4) is 5.75 Å². The van der Waals surface area contributed by atoms with E-state index in [-0.39, 0.29) is 5.97 Å². The molecule has 0 saturated heterocycles. The number of carbonyl (C=O) groups excluding carboxylic acids is 1. The van der Waals surface area contributed by atoms with Crippen LogP contribution in [-0.4, -0.2) is 19.7 Å². The van der Waals surface area contributed by atoms with Crippen molar-refractivity contribution in [1.82, 2.24) is 0 Å². The predicted octanol–water partition coefficient (Wildman–Crippen LogP) is 2.83. The van der Waals surface area contributed by atoms with Gasteiger partial charge in [-0.3, -0.25) is 0 Å². The van der Waals surface area contributed by atoms with Crippen LogP contribution in [0.4, 0.5) is 0 Å². The van der Waals surface area contributed by atoms with E-state index in [2.05, 4.69) is 6.92 Å². The SMILES string of the molecule is CCOC(=O)C=C1c2ccc(OC)cc2CC1C. The number of carbonyl (C=O) groups is 1. The first-order valence-corrected chi connectivity index (χ1v) is 6.21. The van der Waals surface area contributed by atoms with Crippen LogP contribution in [0.3, 0.4) is 0 Å². The molecule has 2 rings (SSSR count). The van der Waals surface area contributed by atoms with Crippen molar-refractivity contribution in [1.29, 1.82) is 0 Å². The Morgan fingerprint density at radius 1 is 1.50 bits per heavy atom. The second-order valence-electron chi connectivity index (χ2n) is 4.48. The Morgan fingerprint density at radius 3 is 2.94 bits per heavy atom. The van der Waals surface area contributed by atoms with Gasteiger partial charge in [0.25, 0.3) is 0 Å². The first-order chi connectivity index (χ1) is 8.65. The highest BCUT2D eigenvalue weighted by molar-refractivity contribution is 5.93. The summed E-state index contributed by atoms with van der Waals surface area (Å²) >= 11 is 0. The van der Waals surface area contributed by atoms with Gasteiger partial charge in [-0.2, -0.15) is 0 Å². The van der Waals surface area contributed by atoms with E-state index in [4.69, 9.17) is 9.47 Å². The van der Waals surface area contributed by atoms with Crippen LogP contribution in [0.25, 0.3) is 5.57 Å². The summed E-state index contributed by atoms with van der Waals surface area (Å²) in [5, 5.41) is 0. The highest BCUT2D eigenvalue weighted by atomic mass is 16.5. The van der Waals surface area contributed by atoms with Crippen molar-refractivity contribution < 1.29 is 14.3 Å². The summed E-state index contributed by atoms with van der Waals surface area (Å²) in [6.07, 6.45) is 2.56. The number of hydrogen-bond acceptors (Lipinski definition) is 3. The number of allylic oxidation sites excluding steroid dienone is 1. The van der Waals surface area contributed by atoms with Gasteiger partial charge in [0, 0.05) is 6.08 Å². The second-order valence-corrected chi connectivity index (χ2v) is 4.48. The maximum absolute atomic E-state index is 11.6. The number of methoxy groups -OCH3 is 1. The normalized spacial score (nSPS) is 19.7. The van der Waals surface area contributed by atoms with Gasteiger partial charge >= 0.3 is 5.97 Å². The Morgan fingerprint density at radius 2 is 2.28 bits per heavy atom. The summed E-state index contributed by atoms with van der Waals surface area (Å²) in [6, 6.07) is 5.98. The molecule has 1 unspecified atom stereocenters. The van der Waals surface area contributed by atoms with Gasteiger partial charge in [0.2, 0.25) is 0 Å². The Balaban J connectivity index is 2.33. The molecular formula is C15H18O3. The van der Waals surface area contributed by atoms with Crippen molar-refractivity contribution in [2.45, 2.75) is 20.3 Å². The van der Waals surface area contributed by atoms with Gasteiger partial charge < -0.3 is 9.47 Å². The molecule has 1 aliphatic carbocycles. The van der Waals surface area contributed by atoms with Gasteiger partial charge in [-0.15, -0.1) is 0 Å². The highest BCUT2D eigenvalue weighted by Crippen LogP contribution is 2.38. The van der Waals surface area contributed by atoms with E-state index in [0.717, 1.165) is 23.3 Å². The van der Waals surface area contributed by atoms with Gasteiger partial charge in [-0.25, -0.2) is 4.79 Å². The Hall–Kier alpha value is -1.77. The fraction of sp³-hybridized carbons (Fsp3) is 0.400. The van der Waals surface area contributed by atoms with E-state index in [0.29, 0.717) is 12.5 Å². The minimum atomic E-state index is -0.261. The molecule has 0 N–H and O–H groups in total. The summed E-state index contributed by atoms with van der Waals surface area (Å²) in [6.45, 7) is 4.34. The summed E-state index contributed by atoms with van der Waals surface area (Å²) < 4.78 is 10.2. The molecule has 0 bridgehead atoms. The smallest absolute Gasteiger partial charge is 0.331 e. The molecule has 96 valence electrons. The lowest BCUT2D eigenvalue weighted by Crippen LogP contribution is -2.02. The molecule has 0 heterocycles. The Kier molecular flexibility index (Phi) is 3.70. The first kappa shape index (κ1) is 12.7. The van der Waals surface area contributed by atoms with Crippen LogP contribution in [0.2, 0.25) is 0 Å². The summed E-state index contributed by atoms with van der Waals surface area (Å²) in [5.74, 6) is 0.942. The first-order valence-electron chi connectivity index (χ1n) is 6.21. The molecule has 3 nitrogen and oxygen atoms in total. The molecule has 1 aromatic carbocycles. The maximum atomic E-state index is 11.6. The van der Waals surface area contributed by atoms with Crippen molar-refractivity contribution >= 4 is 11.5 Å². The van der Waals surface area contributed by atoms with Gasteiger partial charge in [-0.05, 0) is 48.1 Å². The molecule has 1 aromatic rings. The fourth-order valence-electron chi connectivity index (χ4n) is 2.38. The highest BCUT2D eigenvalue weighted by Gasteiger charge is 2.24. The molecule has 0 aromatic heterocycles. The molecule has 18 heavy (non-hydrogen) atoms. The lowest BCUT2D eigenvalue weighted by molar-refractivity contribution is -0.137. The van der Waals surface area contributed by atoms with E-state index in [1.54, 1.807) is 13.2 Å². The van der Waals surface area contributed by atoms with Crippen LogP contribution in [0, 0.1) is 5.92 Å². The zero-order valence-corrected chi connectivity index (χ0v) is 11.0. The van der Waals surface area contributed by atoms with E-state index in [1.165, 1.54) is 5.56 Å². The minimum Gasteiger partial charge on any atom is -0.497 e. The van der Waals surface area contributed by atoms with Crippen molar-refractivity contribution in [2.75, 3.05) is 13.7 Å². The number of benzene rings is 1. The summed E-state index contributed by atoms with van der Waals surface area (Å²) in [7, 11) is 1.66. The van der Waals surface area contributed by atoms with Crippen LogP contribution in [-0.2, 0) is 16.0 Å². The maximum Gasteiger partial charge on any atom is 0.331 e. The van der Waals surface area contributed by atoms with Gasteiger partial charge in [0.05, 0.1) is 13.7 Å². The number of ether oxygens (including phenoxy) is 2. The van der Waals surface area contributed by atoms with Crippen molar-refractivity contribution in [3.63, 3.8) is 0 Å². The minimum absolute atomic E-state index is 0.261. The largest absolute Gasteiger partial charge is 0.497 e. The summed E-state index contributed by atoms with van der Waals surface area (Å²) in [5.41, 5.74) is 3.43. The summed E-state index contributed by atoms with van der Waals surface area (Å²) in [4.78, 5) is 11.6. The fourth-order valence-corrected chi connectivity index (χ4v) is 2.38. The standard InChI is InChI=1S/C15H18O3/c1-4-18-15(16)9-14-10(2)7-11-8-12(17-3)5-6-13(11)14/h5-6,8-10H,4,7H2,1-3H3. The molecule has 1 aliphatic rings. The van der Waals surface area contributed by atoms with Crippen molar-refractivity contribution in [3.05, 3.63) is 35.4 Å². The van der Waals surface area contributed by atoms with Gasteiger partial charge in [0.1, 0.15) is 5.75 Å². The van der Waals surface area contributed by atoms with E-state index in [1.807, 2.05) is 25.1 Å². The lowest BCUT2D eigenvalue weighted by Gasteiger charge is -2.06. The third kappa shape index (κ3) is 2.40. The molecule has 0 amide bonds. The van der Waals surface area contributed by atoms with E-state index < -0.39 is 0 Å². The second kappa shape index (κ2) is 5.25. The number of fused-ring (bicyclic) bond motifs is 1. The van der Waals surface area contributed by atoms with E-state index in [9.17, 15) is 4.79 Å². The van der Waals surface area contributed by atoms with Crippen molar-refractivity contribution in [2.24, 2.45) is 5.92 Å². The molecule has 3 heteroatoms. The topological polar surface area (TPSA) is 35.5 Å². The lowest BCUT2D eigenvalue weighted by atomic mass is 10.0. The van der Waals surface area contributed by atoms with Gasteiger partial charge in [-0.1, -0.05) is 13.0 Å². The molecule has 0 saturated carbocycles. The average Bonchev–Trinajstić information content (AvgIpc) is 2.65. The van der Waals surface area contributed by atoms with Gasteiger partial charge in [0.15, 0.2) is 0 Å². The Labute approximate surface area is 107 Å². The van der Waals surface area contributed by atoms with Crippen LogP contribution in [0.5, 0.6) is 5.75 Å². The molecule has 1 atom stereocenters. The molecule has 0 spiro atoms. The van der Waals surface area contributed by atoms with Crippen LogP contribution < -0.4 is 4.74 Å². The average molecular weight is 246 g/mol. The number of esters is 1. The molecule has 0 radical (unpaired) electrons. The monoisotopic (exact) mass is 246 g/mol.